The van der Waals surface area contributed by atoms with Crippen molar-refractivity contribution in [2.45, 2.75) is 26.1 Å². The molecule has 1 amide bonds. The average molecular weight is 471 g/mol. The van der Waals surface area contributed by atoms with Gasteiger partial charge in [-0.05, 0) is 49.7 Å². The number of para-hydroxylation sites is 1. The fourth-order valence-corrected chi connectivity index (χ4v) is 2.92. The van der Waals surface area contributed by atoms with Crippen LogP contribution in [0, 0.1) is 18.6 Å². The molecule has 3 aromatic rings. The van der Waals surface area contributed by atoms with Crippen molar-refractivity contribution in [3.8, 4) is 17.0 Å². The van der Waals surface area contributed by atoms with Crippen LogP contribution >= 0.6 is 11.6 Å². The summed E-state index contributed by atoms with van der Waals surface area (Å²) in [5.41, 5.74) is -0.238. The van der Waals surface area contributed by atoms with Gasteiger partial charge in [0.1, 0.15) is 17.4 Å². The lowest BCUT2D eigenvalue weighted by Gasteiger charge is -2.20. The maximum absolute atomic E-state index is 14.8. The van der Waals surface area contributed by atoms with E-state index in [4.69, 9.17) is 16.3 Å². The molecule has 10 heteroatoms. The minimum absolute atomic E-state index is 0.127. The fourth-order valence-electron chi connectivity index (χ4n) is 2.71. The van der Waals surface area contributed by atoms with Crippen LogP contribution in [0.3, 0.4) is 0 Å². The number of hydrogen-bond acceptors (Lipinski definition) is 3. The molecule has 1 aromatic heterocycles. The molecule has 1 heterocycles. The zero-order chi connectivity index (χ0) is 23.6. The van der Waals surface area contributed by atoms with E-state index in [-0.39, 0.29) is 16.3 Å². The zero-order valence-corrected chi connectivity index (χ0v) is 17.5. The Bertz CT molecular complexity index is 1130. The van der Waals surface area contributed by atoms with E-state index >= 15 is 0 Å². The third-order valence-electron chi connectivity index (χ3n) is 4.47. The third kappa shape index (κ3) is 5.16. The number of nitrogens with one attached hydrogen (secondary N) is 1. The van der Waals surface area contributed by atoms with E-state index in [2.05, 4.69) is 10.3 Å². The lowest BCUT2D eigenvalue weighted by atomic mass is 10.0. The molecule has 0 spiro atoms. The number of nitrogens with zero attached hydrogens (tertiary/aromatic N) is 1. The first-order chi connectivity index (χ1) is 15.0. The monoisotopic (exact) mass is 470 g/mol. The Labute approximate surface area is 185 Å². The van der Waals surface area contributed by atoms with Gasteiger partial charge in [-0.3, -0.25) is 9.78 Å². The first-order valence-electron chi connectivity index (χ1n) is 9.22. The first kappa shape index (κ1) is 23.5. The van der Waals surface area contributed by atoms with Crippen molar-refractivity contribution in [3.63, 3.8) is 0 Å². The van der Waals surface area contributed by atoms with Gasteiger partial charge in [0.15, 0.2) is 6.10 Å². The number of alkyl halides is 3. The SMILES string of the molecule is Cc1ccc(-c2cc(O[C@@H](C)C(F)(F)F)c(C(=O)Nc3c(F)cccc3Cl)cc2F)nc1. The molecule has 1 N–H and O–H groups in total. The van der Waals surface area contributed by atoms with Gasteiger partial charge in [-0.1, -0.05) is 23.7 Å². The van der Waals surface area contributed by atoms with Crippen LogP contribution in [0.15, 0.2) is 48.7 Å². The maximum atomic E-state index is 14.8. The first-order valence-corrected chi connectivity index (χ1v) is 9.60. The molecule has 32 heavy (non-hydrogen) atoms. The minimum atomic E-state index is -4.75. The van der Waals surface area contributed by atoms with Crippen molar-refractivity contribution in [1.82, 2.24) is 4.98 Å². The summed E-state index contributed by atoms with van der Waals surface area (Å²) < 4.78 is 73.1. The second-order valence-corrected chi connectivity index (χ2v) is 7.31. The lowest BCUT2D eigenvalue weighted by Crippen LogP contribution is -2.32. The maximum Gasteiger partial charge on any atom is 0.425 e. The number of aryl methyl sites for hydroxylation is 1. The lowest BCUT2D eigenvalue weighted by molar-refractivity contribution is -0.189. The van der Waals surface area contributed by atoms with Crippen LogP contribution in [0.2, 0.25) is 5.02 Å². The van der Waals surface area contributed by atoms with Gasteiger partial charge in [0.2, 0.25) is 0 Å². The summed E-state index contributed by atoms with van der Waals surface area (Å²) in [6, 6.07) is 8.40. The van der Waals surface area contributed by atoms with Gasteiger partial charge in [-0.2, -0.15) is 13.2 Å². The minimum Gasteiger partial charge on any atom is -0.480 e. The van der Waals surface area contributed by atoms with E-state index < -0.39 is 46.8 Å². The number of halogens is 6. The molecule has 0 aliphatic rings. The molecule has 0 saturated carbocycles. The highest BCUT2D eigenvalue weighted by Crippen LogP contribution is 2.34. The Balaban J connectivity index is 2.08. The number of amides is 1. The van der Waals surface area contributed by atoms with Gasteiger partial charge < -0.3 is 10.1 Å². The van der Waals surface area contributed by atoms with Crippen LogP contribution in [0.5, 0.6) is 5.75 Å². The van der Waals surface area contributed by atoms with Crippen LogP contribution in [-0.2, 0) is 0 Å². The highest BCUT2D eigenvalue weighted by Gasteiger charge is 2.39. The van der Waals surface area contributed by atoms with Gasteiger partial charge in [0.25, 0.3) is 5.91 Å². The predicted molar refractivity (Wildman–Crippen MR) is 110 cm³/mol. The van der Waals surface area contributed by atoms with E-state index in [0.717, 1.165) is 24.6 Å². The van der Waals surface area contributed by atoms with Gasteiger partial charge in [-0.25, -0.2) is 8.78 Å². The molecule has 4 nitrogen and oxygen atoms in total. The van der Waals surface area contributed by atoms with Crippen LogP contribution in [-0.4, -0.2) is 23.2 Å². The Morgan fingerprint density at radius 1 is 1.12 bits per heavy atom. The van der Waals surface area contributed by atoms with Crippen LogP contribution < -0.4 is 10.1 Å². The predicted octanol–water partition coefficient (Wildman–Crippen LogP) is 6.57. The smallest absolute Gasteiger partial charge is 0.425 e. The Morgan fingerprint density at radius 2 is 1.84 bits per heavy atom. The molecule has 2 aromatic carbocycles. The van der Waals surface area contributed by atoms with Crippen molar-refractivity contribution >= 4 is 23.2 Å². The average Bonchev–Trinajstić information content (AvgIpc) is 2.71. The molecule has 1 atom stereocenters. The third-order valence-corrected chi connectivity index (χ3v) is 4.78. The number of hydrogen-bond donors (Lipinski definition) is 1. The van der Waals surface area contributed by atoms with Crippen molar-refractivity contribution in [3.05, 3.63) is 76.4 Å². The number of carbonyl (C=O) groups is 1. The van der Waals surface area contributed by atoms with Crippen molar-refractivity contribution < 1.29 is 31.5 Å². The molecule has 0 unspecified atom stereocenters. The number of pyridine rings is 1. The van der Waals surface area contributed by atoms with Crippen molar-refractivity contribution in [2.75, 3.05) is 5.32 Å². The van der Waals surface area contributed by atoms with Gasteiger partial charge in [-0.15, -0.1) is 0 Å². The van der Waals surface area contributed by atoms with Gasteiger partial charge >= 0.3 is 6.18 Å². The quantitative estimate of drug-likeness (QED) is 0.429. The molecule has 0 bridgehead atoms. The molecule has 0 aliphatic carbocycles. The normalized spacial score (nSPS) is 12.4. The van der Waals surface area contributed by atoms with Gasteiger partial charge in [0.05, 0.1) is 22.0 Å². The van der Waals surface area contributed by atoms with Crippen molar-refractivity contribution in [2.24, 2.45) is 0 Å². The summed E-state index contributed by atoms with van der Waals surface area (Å²) in [6.07, 6.45) is -5.61. The zero-order valence-electron chi connectivity index (χ0n) is 16.7. The van der Waals surface area contributed by atoms with Crippen LogP contribution in [0.1, 0.15) is 22.8 Å². The number of ether oxygens (including phenoxy) is 1. The van der Waals surface area contributed by atoms with E-state index in [1.165, 1.54) is 24.4 Å². The molecule has 3 rings (SSSR count). The van der Waals surface area contributed by atoms with Gasteiger partial charge in [0, 0.05) is 11.8 Å². The standard InChI is InChI=1S/C22H16ClF5N2O2/c1-11-6-7-18(29-10-11)13-9-19(32-12(2)22(26,27)28)14(8-17(13)25)21(31)30-20-15(23)4-3-5-16(20)24/h3-10,12H,1-2H3,(H,30,31)/t12-/m0/s1. The molecule has 0 fully saturated rings. The molecular weight excluding hydrogens is 455 g/mol. The molecule has 0 aliphatic heterocycles. The largest absolute Gasteiger partial charge is 0.480 e. The van der Waals surface area contributed by atoms with Crippen LogP contribution in [0.25, 0.3) is 11.3 Å². The Morgan fingerprint density at radius 3 is 2.44 bits per heavy atom. The summed E-state index contributed by atoms with van der Waals surface area (Å²) in [5.74, 6) is -3.47. The molecule has 168 valence electrons. The van der Waals surface area contributed by atoms with Crippen LogP contribution in [0.4, 0.5) is 27.6 Å². The number of anilines is 1. The Kier molecular flexibility index (Phi) is 6.68. The topological polar surface area (TPSA) is 51.2 Å². The molecular formula is C22H16ClF5N2O2. The molecule has 0 radical (unpaired) electrons. The van der Waals surface area contributed by atoms with Crippen molar-refractivity contribution in [1.29, 1.82) is 0 Å². The summed E-state index contributed by atoms with van der Waals surface area (Å²) >= 11 is 5.88. The second kappa shape index (κ2) is 9.12. The molecule has 0 saturated heterocycles. The number of aromatic nitrogens is 1. The van der Waals surface area contributed by atoms with E-state index in [9.17, 15) is 26.7 Å². The summed E-state index contributed by atoms with van der Waals surface area (Å²) in [6.45, 7) is 2.50. The highest BCUT2D eigenvalue weighted by atomic mass is 35.5. The second-order valence-electron chi connectivity index (χ2n) is 6.90. The van der Waals surface area contributed by atoms with E-state index in [0.29, 0.717) is 6.07 Å². The number of rotatable bonds is 5. The Hall–Kier alpha value is -3.20. The van der Waals surface area contributed by atoms with E-state index in [1.807, 2.05) is 0 Å². The summed E-state index contributed by atoms with van der Waals surface area (Å²) in [4.78, 5) is 16.8. The number of carbonyl (C=O) groups excluding carboxylic acids is 1. The fraction of sp³-hybridized carbons (Fsp3) is 0.182. The highest BCUT2D eigenvalue weighted by molar-refractivity contribution is 6.34. The summed E-state index contributed by atoms with van der Waals surface area (Å²) in [5, 5.41) is 2.00. The summed E-state index contributed by atoms with van der Waals surface area (Å²) in [7, 11) is 0. The number of benzene rings is 2. The van der Waals surface area contributed by atoms with E-state index in [1.54, 1.807) is 13.0 Å².